The highest BCUT2D eigenvalue weighted by Crippen LogP contribution is 2.17. The third-order valence-corrected chi connectivity index (χ3v) is 11.6. The zero-order chi connectivity index (χ0) is 44.5. The van der Waals surface area contributed by atoms with Gasteiger partial charge in [0.2, 0.25) is 5.91 Å². The molecule has 354 valence electrons. The maximum Gasteiger partial charge on any atom is 0.306 e. The average Bonchev–Trinajstić information content (AvgIpc) is 3.25. The molecule has 0 aliphatic rings. The molecule has 0 radical (unpaired) electrons. The minimum Gasteiger partial charge on any atom is -0.462 e. The zero-order valence-corrected chi connectivity index (χ0v) is 40.3. The van der Waals surface area contributed by atoms with Gasteiger partial charge in [0.1, 0.15) is 6.10 Å². The van der Waals surface area contributed by atoms with Crippen LogP contribution in [0.25, 0.3) is 0 Å². The molecule has 0 fully saturated rings. The van der Waals surface area contributed by atoms with Gasteiger partial charge in [-0.3, -0.25) is 9.59 Å². The number of allylic oxidation sites excluding steroid dienone is 10. The van der Waals surface area contributed by atoms with Crippen molar-refractivity contribution in [1.29, 1.82) is 0 Å². The number of ether oxygens (including phenoxy) is 1. The predicted octanol–water partition coefficient (Wildman–Crippen LogP) is 15.6. The second kappa shape index (κ2) is 48.6. The fraction of sp³-hybridized carbons (Fsp3) is 0.782. The van der Waals surface area contributed by atoms with Crippen molar-refractivity contribution >= 4 is 11.9 Å². The van der Waals surface area contributed by atoms with Gasteiger partial charge < -0.3 is 20.3 Å². The monoisotopic (exact) mass is 854 g/mol. The quantitative estimate of drug-likeness (QED) is 0.0322. The number of unbranched alkanes of at least 4 members (excludes halogenated alkanes) is 24. The van der Waals surface area contributed by atoms with Crippen molar-refractivity contribution < 1.29 is 24.5 Å². The molecule has 0 aromatic rings. The Balaban J connectivity index is 4.69. The largest absolute Gasteiger partial charge is 0.462 e. The average molecular weight is 854 g/mol. The van der Waals surface area contributed by atoms with Crippen LogP contribution in [-0.4, -0.2) is 46.9 Å². The van der Waals surface area contributed by atoms with E-state index in [0.29, 0.717) is 25.7 Å². The molecule has 0 aliphatic carbocycles. The third-order valence-electron chi connectivity index (χ3n) is 11.6. The van der Waals surface area contributed by atoms with Crippen LogP contribution in [0.5, 0.6) is 0 Å². The molecule has 61 heavy (non-hydrogen) atoms. The van der Waals surface area contributed by atoms with Crippen LogP contribution in [0.3, 0.4) is 0 Å². The van der Waals surface area contributed by atoms with Crippen molar-refractivity contribution in [2.75, 3.05) is 6.61 Å². The van der Waals surface area contributed by atoms with Crippen molar-refractivity contribution in [3.05, 3.63) is 60.8 Å². The van der Waals surface area contributed by atoms with E-state index in [4.69, 9.17) is 4.74 Å². The molecular formula is C55H99NO5. The lowest BCUT2D eigenvalue weighted by Crippen LogP contribution is -2.46. The third kappa shape index (κ3) is 44.0. The molecule has 0 saturated carbocycles. The highest BCUT2D eigenvalue weighted by Gasteiger charge is 2.24. The Kier molecular flexibility index (Phi) is 46.6. The summed E-state index contributed by atoms with van der Waals surface area (Å²) in [7, 11) is 0. The lowest BCUT2D eigenvalue weighted by molar-refractivity contribution is -0.151. The first-order valence-electron chi connectivity index (χ1n) is 26.0. The molecular weight excluding hydrogens is 755 g/mol. The number of esters is 1. The van der Waals surface area contributed by atoms with Crippen LogP contribution in [0, 0.1) is 0 Å². The molecule has 0 aromatic heterocycles. The maximum atomic E-state index is 13.2. The molecule has 3 N–H and O–H groups in total. The van der Waals surface area contributed by atoms with Crippen molar-refractivity contribution in [3.63, 3.8) is 0 Å². The molecule has 0 bridgehead atoms. The number of carbonyl (C=O) groups excluding carboxylic acids is 2. The smallest absolute Gasteiger partial charge is 0.306 e. The van der Waals surface area contributed by atoms with Crippen LogP contribution in [0.1, 0.15) is 252 Å². The second-order valence-electron chi connectivity index (χ2n) is 17.6. The van der Waals surface area contributed by atoms with Gasteiger partial charge in [-0.1, -0.05) is 210 Å². The maximum absolute atomic E-state index is 13.2. The number of hydrogen-bond acceptors (Lipinski definition) is 5. The molecule has 3 unspecified atom stereocenters. The zero-order valence-electron chi connectivity index (χ0n) is 40.3. The molecule has 0 aromatic carbocycles. The van der Waals surface area contributed by atoms with Crippen LogP contribution in [0.2, 0.25) is 0 Å². The lowest BCUT2D eigenvalue weighted by atomic mass is 10.0. The van der Waals surface area contributed by atoms with Gasteiger partial charge in [-0.05, 0) is 89.9 Å². The molecule has 0 saturated heterocycles. The standard InChI is InChI=1S/C55H99NO5/c1-4-7-10-13-16-19-22-24-26-27-28-30-33-36-39-42-45-48-55(60)61-51(46-43-40-37-34-32-29-25-23-20-17-14-11-8-5-2)49-54(59)56-52(50-57)53(58)47-44-41-38-35-31-21-18-15-12-9-6-3/h16,19,24,26,28-30,32,36,39,51-53,57-58H,4-15,17-18,20-23,25,27,31,33-35,37-38,40-50H2,1-3H3,(H,56,59)/b19-16-,26-24-,30-28-,32-29+,39-36-. The normalized spacial score (nSPS) is 13.7. The number of rotatable bonds is 46. The van der Waals surface area contributed by atoms with Gasteiger partial charge in [-0.25, -0.2) is 0 Å². The Morgan fingerprint density at radius 1 is 0.475 bits per heavy atom. The van der Waals surface area contributed by atoms with Gasteiger partial charge in [0.15, 0.2) is 0 Å². The Labute approximate surface area is 378 Å². The number of nitrogens with one attached hydrogen (secondary N) is 1. The summed E-state index contributed by atoms with van der Waals surface area (Å²) in [6, 6.07) is -0.717. The van der Waals surface area contributed by atoms with Gasteiger partial charge in [-0.15, -0.1) is 0 Å². The Bertz CT molecular complexity index is 1090. The highest BCUT2D eigenvalue weighted by molar-refractivity contribution is 5.77. The second-order valence-corrected chi connectivity index (χ2v) is 17.6. The van der Waals surface area contributed by atoms with E-state index in [-0.39, 0.29) is 24.9 Å². The van der Waals surface area contributed by atoms with Crippen molar-refractivity contribution in [3.8, 4) is 0 Å². The van der Waals surface area contributed by atoms with Crippen LogP contribution < -0.4 is 5.32 Å². The van der Waals surface area contributed by atoms with E-state index in [1.54, 1.807) is 0 Å². The van der Waals surface area contributed by atoms with E-state index < -0.39 is 18.2 Å². The van der Waals surface area contributed by atoms with Crippen molar-refractivity contribution in [2.45, 2.75) is 270 Å². The SMILES string of the molecule is CCCCC/C=C\C/C=C\C/C=C\C/C=C\CCCC(=O)OC(CCCCC/C=C/CCCCCCCCC)CC(=O)NC(CO)C(O)CCCCCCCCCCCCC. The van der Waals surface area contributed by atoms with E-state index in [1.807, 2.05) is 0 Å². The Hall–Kier alpha value is -2.44. The van der Waals surface area contributed by atoms with E-state index in [1.165, 1.54) is 122 Å². The number of aliphatic hydroxyl groups excluding tert-OH is 2. The summed E-state index contributed by atoms with van der Waals surface area (Å²) in [6.45, 7) is 6.43. The first-order chi connectivity index (χ1) is 30.0. The minimum atomic E-state index is -0.801. The van der Waals surface area contributed by atoms with Crippen LogP contribution in [0.4, 0.5) is 0 Å². The van der Waals surface area contributed by atoms with Crippen LogP contribution >= 0.6 is 0 Å². The number of amides is 1. The summed E-state index contributed by atoms with van der Waals surface area (Å²) in [4.78, 5) is 26.1. The summed E-state index contributed by atoms with van der Waals surface area (Å²) in [6.07, 6.45) is 59.9. The molecule has 1 amide bonds. The van der Waals surface area contributed by atoms with E-state index in [9.17, 15) is 19.8 Å². The Morgan fingerprint density at radius 3 is 1.33 bits per heavy atom. The van der Waals surface area contributed by atoms with Crippen molar-refractivity contribution in [1.82, 2.24) is 5.32 Å². The fourth-order valence-corrected chi connectivity index (χ4v) is 7.59. The topological polar surface area (TPSA) is 95.9 Å². The summed E-state index contributed by atoms with van der Waals surface area (Å²) >= 11 is 0. The van der Waals surface area contributed by atoms with Gasteiger partial charge in [0.05, 0.1) is 25.2 Å². The van der Waals surface area contributed by atoms with Crippen LogP contribution in [-0.2, 0) is 14.3 Å². The molecule has 6 nitrogen and oxygen atoms in total. The number of carbonyl (C=O) groups is 2. The molecule has 6 heteroatoms. The fourth-order valence-electron chi connectivity index (χ4n) is 7.59. The first kappa shape index (κ1) is 58.6. The first-order valence-corrected chi connectivity index (χ1v) is 26.0. The van der Waals surface area contributed by atoms with Gasteiger partial charge in [0.25, 0.3) is 0 Å². The van der Waals surface area contributed by atoms with E-state index >= 15 is 0 Å². The number of hydrogen-bond donors (Lipinski definition) is 3. The minimum absolute atomic E-state index is 0.0446. The summed E-state index contributed by atoms with van der Waals surface area (Å²) in [5, 5.41) is 23.7. The van der Waals surface area contributed by atoms with E-state index in [2.05, 4.69) is 86.8 Å². The summed E-state index contributed by atoms with van der Waals surface area (Å²) in [5.41, 5.74) is 0. The lowest BCUT2D eigenvalue weighted by Gasteiger charge is -2.24. The molecule has 0 spiro atoms. The van der Waals surface area contributed by atoms with Crippen molar-refractivity contribution in [2.24, 2.45) is 0 Å². The van der Waals surface area contributed by atoms with Gasteiger partial charge in [0, 0.05) is 6.42 Å². The van der Waals surface area contributed by atoms with E-state index in [0.717, 1.165) is 77.0 Å². The number of aliphatic hydroxyl groups is 2. The highest BCUT2D eigenvalue weighted by atomic mass is 16.5. The van der Waals surface area contributed by atoms with Gasteiger partial charge in [-0.2, -0.15) is 0 Å². The van der Waals surface area contributed by atoms with Gasteiger partial charge >= 0.3 is 5.97 Å². The summed E-state index contributed by atoms with van der Waals surface area (Å²) in [5.74, 6) is -0.554. The molecule has 0 aliphatic heterocycles. The molecule has 0 heterocycles. The Morgan fingerprint density at radius 2 is 0.836 bits per heavy atom. The predicted molar refractivity (Wildman–Crippen MR) is 264 cm³/mol. The summed E-state index contributed by atoms with van der Waals surface area (Å²) < 4.78 is 5.90. The van der Waals surface area contributed by atoms with Crippen LogP contribution in [0.15, 0.2) is 60.8 Å². The molecule has 0 rings (SSSR count). The molecule has 3 atom stereocenters.